The summed E-state index contributed by atoms with van der Waals surface area (Å²) in [7, 11) is -6.29. The summed E-state index contributed by atoms with van der Waals surface area (Å²) in [6.45, 7) is 21.0. The quantitative estimate of drug-likeness (QED) is 0.0112. The third kappa shape index (κ3) is 22.0. The van der Waals surface area contributed by atoms with Gasteiger partial charge in [0.1, 0.15) is 41.8 Å². The van der Waals surface area contributed by atoms with Gasteiger partial charge in [-0.2, -0.15) is 21.4 Å². The summed E-state index contributed by atoms with van der Waals surface area (Å²) in [5, 5.41) is 26.1. The number of ether oxygens (including phenoxy) is 3. The van der Waals surface area contributed by atoms with Crippen LogP contribution in [0.2, 0.25) is 0 Å². The second-order valence-corrected chi connectivity index (χ2v) is 40.1. The van der Waals surface area contributed by atoms with E-state index in [0.717, 1.165) is 125 Å². The van der Waals surface area contributed by atoms with E-state index in [1.807, 2.05) is 74.7 Å². The number of likely N-dealkylation sites (N-methyl/N-ethyl adjacent to an activating group) is 1. The predicted molar refractivity (Wildman–Crippen MR) is 526 cm³/mol. The summed E-state index contributed by atoms with van der Waals surface area (Å²) in [5.74, 6) is -4.68. The Balaban J connectivity index is 0.000000187. The Labute approximate surface area is 803 Å². The topological polar surface area (TPSA) is 388 Å². The number of anilines is 3. The van der Waals surface area contributed by atoms with Crippen LogP contribution in [0, 0.1) is 37.5 Å². The molecule has 0 spiro atoms. The Morgan fingerprint density at radius 3 is 1.74 bits per heavy atom. The van der Waals surface area contributed by atoms with Gasteiger partial charge in [-0.1, -0.05) is 136 Å². The second kappa shape index (κ2) is 41.6. The Morgan fingerprint density at radius 1 is 0.587 bits per heavy atom. The van der Waals surface area contributed by atoms with Crippen molar-refractivity contribution in [1.29, 1.82) is 0 Å². The summed E-state index contributed by atoms with van der Waals surface area (Å²) in [4.78, 5) is 127. The number of carbonyl (C=O) groups excluding carboxylic acids is 8. The number of rotatable bonds is 29. The number of carboxylic acids is 2. The van der Waals surface area contributed by atoms with Crippen LogP contribution in [0.5, 0.6) is 5.75 Å². The van der Waals surface area contributed by atoms with Crippen molar-refractivity contribution in [3.05, 3.63) is 338 Å². The number of allylic oxidation sites excluding steroid dienone is 16. The van der Waals surface area contributed by atoms with Crippen LogP contribution >= 0.6 is 0 Å². The number of hydrogen-bond donors (Lipinski definition) is 6. The number of fused-ring (bicyclic) bond motifs is 6. The first-order valence-electron chi connectivity index (χ1n) is 45.8. The number of amides is 7. The van der Waals surface area contributed by atoms with Crippen molar-refractivity contribution in [2.24, 2.45) is 23.7 Å². The number of imide groups is 3. The van der Waals surface area contributed by atoms with Gasteiger partial charge in [0.25, 0.3) is 55.7 Å². The number of unbranched alkanes of at least 4 members (excludes halogenated alkanes) is 2. The molecule has 30 heteroatoms. The van der Waals surface area contributed by atoms with Crippen LogP contribution in [0.25, 0.3) is 0 Å². The molecule has 17 rings (SSSR count). The Bertz CT molecular complexity index is 6620. The lowest BCUT2D eigenvalue weighted by Crippen LogP contribution is -2.40. The molecule has 7 heterocycles. The zero-order valence-corrected chi connectivity index (χ0v) is 79.0. The Morgan fingerprint density at radius 2 is 1.14 bits per heavy atom. The van der Waals surface area contributed by atoms with Gasteiger partial charge in [0.2, 0.25) is 11.6 Å². The molecule has 12 aliphatic rings. The SMILES string of the molecule is C.C=C1C=CC2C(=C1)OC1C=C(CNC)C=CC1C2c1ccc(N2C(=O)C=CC2=O)cc1C(=O)O.CC1=CC2OC3=CC(=O)C=CC3C(c3ccc(N4C(=O)C=CC4=O)cc3C(=O)O)C2C=C1.Cc1ccc2c(c1)C(C)(C)C(/C=C/C1=C(Oc3ccc(CCC(=O)NCCN4C(=O)C=CC4=O)cc3)C(=C/C=C3/N(CCCCS(=O)(=O)O)c4ccc(C)cc4C3(C)C)/CCC1)=[N+]2CCCCS(=O)(=O)O. The fourth-order valence-electron chi connectivity index (χ4n) is 20.0. The van der Waals surface area contributed by atoms with Crippen LogP contribution in [0.4, 0.5) is 22.7 Å². The molecule has 718 valence electrons. The van der Waals surface area contributed by atoms with Crippen LogP contribution < -0.4 is 30.1 Å². The number of hydrogen-bond acceptors (Lipinski definition) is 19. The van der Waals surface area contributed by atoms with Gasteiger partial charge in [0, 0.05) is 152 Å². The maximum absolute atomic E-state index is 12.7. The van der Waals surface area contributed by atoms with Crippen LogP contribution in [0.3, 0.4) is 0 Å². The van der Waals surface area contributed by atoms with Crippen molar-refractivity contribution in [2.45, 2.75) is 149 Å². The molecule has 5 aromatic carbocycles. The fraction of sp³-hybridized carbons (Fsp3) is 0.324. The molecule has 8 unspecified atom stereocenters. The largest absolute Gasteiger partial charge is 0.489 e. The van der Waals surface area contributed by atoms with Gasteiger partial charge in [-0.3, -0.25) is 52.4 Å². The zero-order valence-electron chi connectivity index (χ0n) is 77.4. The first-order chi connectivity index (χ1) is 65.2. The first-order valence-corrected chi connectivity index (χ1v) is 49.0. The van der Waals surface area contributed by atoms with Crippen molar-refractivity contribution in [2.75, 3.05) is 66.0 Å². The van der Waals surface area contributed by atoms with E-state index in [4.69, 9.17) is 14.2 Å². The number of carbonyl (C=O) groups is 10. The highest BCUT2D eigenvalue weighted by atomic mass is 32.2. The fourth-order valence-corrected chi connectivity index (χ4v) is 21.1. The van der Waals surface area contributed by atoms with Gasteiger partial charge < -0.3 is 40.0 Å². The van der Waals surface area contributed by atoms with Gasteiger partial charge in [0.15, 0.2) is 11.5 Å². The second-order valence-electron chi connectivity index (χ2n) is 37.0. The minimum atomic E-state index is -4.08. The summed E-state index contributed by atoms with van der Waals surface area (Å²) in [5.41, 5.74) is 15.7. The van der Waals surface area contributed by atoms with E-state index in [2.05, 4.69) is 147 Å². The highest BCUT2D eigenvalue weighted by Crippen LogP contribution is 2.54. The molecule has 0 saturated carbocycles. The molecule has 5 aromatic rings. The van der Waals surface area contributed by atoms with Gasteiger partial charge in [0.05, 0.1) is 39.4 Å². The van der Waals surface area contributed by atoms with Gasteiger partial charge in [-0.25, -0.2) is 19.4 Å². The van der Waals surface area contributed by atoms with E-state index >= 15 is 0 Å². The smallest absolute Gasteiger partial charge is 0.336 e. The molecular weight excluding hydrogens is 1800 g/mol. The Kier molecular flexibility index (Phi) is 30.1. The summed E-state index contributed by atoms with van der Waals surface area (Å²) in [6, 6.07) is 29.9. The van der Waals surface area contributed by atoms with E-state index in [9.17, 15) is 84.1 Å². The van der Waals surface area contributed by atoms with Crippen LogP contribution in [0.15, 0.2) is 288 Å². The molecule has 2 fully saturated rings. The third-order valence-electron chi connectivity index (χ3n) is 26.7. The lowest BCUT2D eigenvalue weighted by atomic mass is 9.68. The predicted octanol–water partition coefficient (Wildman–Crippen LogP) is 15.6. The van der Waals surface area contributed by atoms with Crippen molar-refractivity contribution >= 4 is 108 Å². The lowest BCUT2D eigenvalue weighted by molar-refractivity contribution is -0.438. The van der Waals surface area contributed by atoms with E-state index in [1.54, 1.807) is 30.3 Å². The average molecular weight is 1910 g/mol. The molecule has 7 amide bonds. The minimum Gasteiger partial charge on any atom is -0.489 e. The Hall–Kier alpha value is -13.9. The summed E-state index contributed by atoms with van der Waals surface area (Å²) < 4.78 is 87.0. The van der Waals surface area contributed by atoms with E-state index in [-0.39, 0.29) is 143 Å². The van der Waals surface area contributed by atoms with Crippen LogP contribution in [0.1, 0.15) is 165 Å². The molecule has 6 N–H and O–H groups in total. The lowest BCUT2D eigenvalue weighted by Gasteiger charge is -2.44. The number of aromatic carboxylic acids is 2. The molecule has 0 bridgehead atoms. The molecule has 28 nitrogen and oxygen atoms in total. The molecule has 0 radical (unpaired) electrons. The molecule has 0 aromatic heterocycles. The number of carboxylic acid groups (broad SMARTS) is 2. The van der Waals surface area contributed by atoms with Crippen LogP contribution in [-0.4, -0.2) is 174 Å². The monoisotopic (exact) mass is 1910 g/mol. The maximum atomic E-state index is 12.7. The molecule has 5 aliphatic carbocycles. The van der Waals surface area contributed by atoms with Gasteiger partial charge >= 0.3 is 11.9 Å². The van der Waals surface area contributed by atoms with E-state index < -0.39 is 55.8 Å². The maximum Gasteiger partial charge on any atom is 0.336 e. The van der Waals surface area contributed by atoms with Crippen molar-refractivity contribution in [3.63, 3.8) is 0 Å². The first kappa shape index (κ1) is 100. The highest BCUT2D eigenvalue weighted by molar-refractivity contribution is 7.86. The molecular formula is C108H114N7O21S2+. The van der Waals surface area contributed by atoms with Crippen molar-refractivity contribution < 1.29 is 103 Å². The van der Waals surface area contributed by atoms with Gasteiger partial charge in [-0.05, 0) is 216 Å². The number of nitrogens with one attached hydrogen (secondary N) is 2. The summed E-state index contributed by atoms with van der Waals surface area (Å²) >= 11 is 0. The molecule has 2 saturated heterocycles. The minimum absolute atomic E-state index is 0. The van der Waals surface area contributed by atoms with Crippen LogP contribution in [-0.2, 0) is 85.3 Å². The number of benzene rings is 5. The molecule has 8 atom stereocenters. The number of ketones is 1. The number of aryl methyl sites for hydroxylation is 3. The van der Waals surface area contributed by atoms with Crippen molar-refractivity contribution in [1.82, 2.24) is 15.5 Å². The number of nitrogens with zero attached hydrogens (tertiary/aromatic N) is 5. The summed E-state index contributed by atoms with van der Waals surface area (Å²) in [6.07, 6.45) is 42.6. The van der Waals surface area contributed by atoms with E-state index in [0.29, 0.717) is 74.4 Å². The van der Waals surface area contributed by atoms with E-state index in [1.165, 1.54) is 59.7 Å². The normalized spacial score (nSPS) is 22.9. The molecule has 138 heavy (non-hydrogen) atoms. The standard InChI is InChI=1S/C55H66N4O10S2.C27H24N2O5.C25H19NO6.CH4/c1-38-14-23-46-44(36-38)54(3,4)48(57(46)31-7-9-34-70(63,64)65)25-19-41-12-11-13-42(20-26-49-55(5,6)45-37-39(2)15-24-47(45)58(49)32-8-10-35-71(66,67)68)53(41)69-43-21-16-40(17-22-43)18-27-50(60)56-30-33-59-51(61)28-29-52(59)62;1-15-3-6-19-22(11-15)34-23-12-16(14-28-2)4-7-20(23)26(19)18-8-5-17(13-21(18)27(32)33)29-24(30)9-10-25(29)31;1-13-2-5-17-20(10-13)32-21-12-15(27)4-7-18(21)24(17)16-6-3-14(11-19(16)25(30)31)26-22(28)8-9-23(26)29;/h14-17,19-26,28-29,36-37H,7-13,18,27,30-35H2,1-6H3,(H2-,56,60,63,64,65,66,67,68);3-13,19-20,23,26,28H,1,14H2,2H3,(H,32,33);2-12,17-18,20,24H,1H3,(H,30,31);1H4/p+1. The average Bonchev–Trinajstić information content (AvgIpc) is 1.51. The highest BCUT2D eigenvalue weighted by Gasteiger charge is 2.49. The van der Waals surface area contributed by atoms with Gasteiger partial charge in [-0.15, -0.1) is 0 Å². The zero-order chi connectivity index (χ0) is 97.9. The third-order valence-corrected chi connectivity index (χ3v) is 28.3. The van der Waals surface area contributed by atoms with Crippen molar-refractivity contribution in [3.8, 4) is 5.75 Å². The molecule has 7 aliphatic heterocycles.